The largest absolute Gasteiger partial charge is 0.334 e. The average molecular weight is 196 g/mol. The van der Waals surface area contributed by atoms with Gasteiger partial charge >= 0.3 is 5.97 Å². The summed E-state index contributed by atoms with van der Waals surface area (Å²) in [5.41, 5.74) is 0. The molecule has 0 spiro atoms. The molecule has 0 aromatic carbocycles. The number of hydrogen-bond acceptors (Lipinski definition) is 5. The van der Waals surface area contributed by atoms with Gasteiger partial charge in [0, 0.05) is 19.3 Å². The van der Waals surface area contributed by atoms with Gasteiger partial charge in [-0.3, -0.25) is 9.59 Å². The number of rotatable bonds is 3. The van der Waals surface area contributed by atoms with Gasteiger partial charge < -0.3 is 4.84 Å². The maximum atomic E-state index is 11.0. The molecule has 2 amide bonds. The highest BCUT2D eigenvalue weighted by atomic mass is 16.7. The minimum Gasteiger partial charge on any atom is -0.330 e. The lowest BCUT2D eigenvalue weighted by atomic mass is 10.3. The molecule has 6 heteroatoms. The van der Waals surface area contributed by atoms with Crippen molar-refractivity contribution in [2.75, 3.05) is 0 Å². The van der Waals surface area contributed by atoms with Crippen molar-refractivity contribution in [2.24, 2.45) is 0 Å². The fourth-order valence-corrected chi connectivity index (χ4v) is 0.963. The molecule has 6 nitrogen and oxygen atoms in total. The van der Waals surface area contributed by atoms with E-state index in [0.29, 0.717) is 5.06 Å². The predicted molar refractivity (Wildman–Crippen MR) is 42.0 cm³/mol. The molecule has 0 aromatic rings. The zero-order valence-electron chi connectivity index (χ0n) is 7.36. The molecule has 1 aliphatic rings. The van der Waals surface area contributed by atoms with Crippen molar-refractivity contribution < 1.29 is 19.2 Å². The van der Waals surface area contributed by atoms with Crippen LogP contribution in [0.5, 0.6) is 0 Å². The quantitative estimate of drug-likeness (QED) is 0.588. The summed E-state index contributed by atoms with van der Waals surface area (Å²) in [5.74, 6) is -1.77. The minimum absolute atomic E-state index is 0.00898. The SMILES string of the molecule is N#CCCC(=O)ON1C(=O)CCC1=O. The molecule has 1 heterocycles. The Morgan fingerprint density at radius 3 is 2.50 bits per heavy atom. The van der Waals surface area contributed by atoms with Gasteiger partial charge in [-0.1, -0.05) is 0 Å². The maximum absolute atomic E-state index is 11.0. The molecule has 0 aromatic heterocycles. The van der Waals surface area contributed by atoms with E-state index in [4.69, 9.17) is 5.26 Å². The molecule has 0 aliphatic carbocycles. The normalized spacial score (nSPS) is 15.5. The number of imide groups is 1. The summed E-state index contributed by atoms with van der Waals surface area (Å²) in [5, 5.41) is 8.65. The van der Waals surface area contributed by atoms with Gasteiger partial charge in [0.05, 0.1) is 12.5 Å². The lowest BCUT2D eigenvalue weighted by molar-refractivity contribution is -0.197. The van der Waals surface area contributed by atoms with Crippen LogP contribution in [0.2, 0.25) is 0 Å². The summed E-state index contributed by atoms with van der Waals surface area (Å²) in [6, 6.07) is 1.76. The average Bonchev–Trinajstić information content (AvgIpc) is 2.46. The van der Waals surface area contributed by atoms with Crippen LogP contribution >= 0.6 is 0 Å². The van der Waals surface area contributed by atoms with Gasteiger partial charge in [0.2, 0.25) is 0 Å². The molecule has 0 N–H and O–H groups in total. The Bertz CT molecular complexity index is 302. The standard InChI is InChI=1S/C8H8N2O4/c9-5-1-2-8(13)14-10-6(11)3-4-7(10)12/h1-4H2. The smallest absolute Gasteiger partial charge is 0.330 e. The van der Waals surface area contributed by atoms with Crippen LogP contribution in [0.4, 0.5) is 0 Å². The van der Waals surface area contributed by atoms with Crippen molar-refractivity contribution in [3.8, 4) is 6.07 Å². The summed E-state index contributed by atoms with van der Waals surface area (Å²) < 4.78 is 0. The number of carbonyl (C=O) groups is 3. The fraction of sp³-hybridized carbons (Fsp3) is 0.500. The first-order valence-electron chi connectivity index (χ1n) is 4.08. The van der Waals surface area contributed by atoms with Crippen LogP contribution in [0.1, 0.15) is 25.7 Å². The van der Waals surface area contributed by atoms with E-state index in [1.54, 1.807) is 6.07 Å². The van der Waals surface area contributed by atoms with E-state index in [1.807, 2.05) is 0 Å². The second kappa shape index (κ2) is 4.37. The number of carbonyl (C=O) groups excluding carboxylic acids is 3. The molecule has 1 rings (SSSR count). The first-order valence-corrected chi connectivity index (χ1v) is 4.08. The Labute approximate surface area is 80.0 Å². The van der Waals surface area contributed by atoms with Gasteiger partial charge in [-0.2, -0.15) is 5.26 Å². The van der Waals surface area contributed by atoms with E-state index in [-0.39, 0.29) is 25.7 Å². The first-order chi connectivity index (χ1) is 6.65. The van der Waals surface area contributed by atoms with Gasteiger partial charge in [0.1, 0.15) is 0 Å². The lowest BCUT2D eigenvalue weighted by Crippen LogP contribution is -2.31. The molecule has 1 aliphatic heterocycles. The second-order valence-electron chi connectivity index (χ2n) is 2.70. The highest BCUT2D eigenvalue weighted by Gasteiger charge is 2.32. The molecule has 1 saturated heterocycles. The van der Waals surface area contributed by atoms with Crippen molar-refractivity contribution in [2.45, 2.75) is 25.7 Å². The first kappa shape index (κ1) is 10.2. The Morgan fingerprint density at radius 1 is 1.43 bits per heavy atom. The molecule has 0 saturated carbocycles. The van der Waals surface area contributed by atoms with Crippen molar-refractivity contribution >= 4 is 17.8 Å². The highest BCUT2D eigenvalue weighted by molar-refractivity contribution is 6.01. The maximum Gasteiger partial charge on any atom is 0.334 e. The number of hydroxylamine groups is 2. The van der Waals surface area contributed by atoms with Gasteiger partial charge in [0.25, 0.3) is 11.8 Å². The molecule has 14 heavy (non-hydrogen) atoms. The second-order valence-corrected chi connectivity index (χ2v) is 2.70. The number of hydrogen-bond donors (Lipinski definition) is 0. The summed E-state index contributed by atoms with van der Waals surface area (Å²) in [7, 11) is 0. The van der Waals surface area contributed by atoms with Crippen LogP contribution in [0, 0.1) is 11.3 Å². The number of nitriles is 1. The topological polar surface area (TPSA) is 87.5 Å². The molecule has 74 valence electrons. The zero-order chi connectivity index (χ0) is 10.6. The molecule has 0 atom stereocenters. The van der Waals surface area contributed by atoms with Gasteiger partial charge in [-0.15, -0.1) is 5.06 Å². The molecule has 0 radical (unpaired) electrons. The van der Waals surface area contributed by atoms with Crippen molar-refractivity contribution in [3.63, 3.8) is 0 Å². The predicted octanol–water partition coefficient (Wildman–Crippen LogP) is -0.103. The van der Waals surface area contributed by atoms with Crippen LogP contribution in [0.15, 0.2) is 0 Å². The van der Waals surface area contributed by atoms with Gasteiger partial charge in [0.15, 0.2) is 0 Å². The van der Waals surface area contributed by atoms with Gasteiger partial charge in [-0.05, 0) is 0 Å². The Hall–Kier alpha value is -1.90. The van der Waals surface area contributed by atoms with E-state index in [2.05, 4.69) is 4.84 Å². The van der Waals surface area contributed by atoms with E-state index in [1.165, 1.54) is 0 Å². The molecule has 1 fully saturated rings. The molecular weight excluding hydrogens is 188 g/mol. The van der Waals surface area contributed by atoms with Crippen LogP contribution < -0.4 is 0 Å². The molecular formula is C8H8N2O4. The lowest BCUT2D eigenvalue weighted by Gasteiger charge is -2.11. The summed E-state index contributed by atoms with van der Waals surface area (Å²) >= 11 is 0. The number of nitrogens with zero attached hydrogens (tertiary/aromatic N) is 2. The van der Waals surface area contributed by atoms with Crippen LogP contribution in [0.25, 0.3) is 0 Å². The van der Waals surface area contributed by atoms with Crippen molar-refractivity contribution in [3.05, 3.63) is 0 Å². The minimum atomic E-state index is -0.741. The van der Waals surface area contributed by atoms with E-state index in [9.17, 15) is 14.4 Å². The third-order valence-corrected chi connectivity index (χ3v) is 1.64. The third-order valence-electron chi connectivity index (χ3n) is 1.64. The molecule has 0 bridgehead atoms. The Balaban J connectivity index is 2.44. The van der Waals surface area contributed by atoms with E-state index < -0.39 is 17.8 Å². The molecule has 0 unspecified atom stereocenters. The summed E-state index contributed by atoms with van der Waals surface area (Å²) in [4.78, 5) is 37.3. The van der Waals surface area contributed by atoms with Crippen LogP contribution in [-0.4, -0.2) is 22.8 Å². The fourth-order valence-electron chi connectivity index (χ4n) is 0.963. The number of amides is 2. The van der Waals surface area contributed by atoms with Crippen LogP contribution in [-0.2, 0) is 19.2 Å². The van der Waals surface area contributed by atoms with Crippen LogP contribution in [0.3, 0.4) is 0 Å². The Morgan fingerprint density at radius 2 is 2.00 bits per heavy atom. The summed E-state index contributed by atoms with van der Waals surface area (Å²) in [6.45, 7) is 0. The highest BCUT2D eigenvalue weighted by Crippen LogP contribution is 2.12. The van der Waals surface area contributed by atoms with Crippen molar-refractivity contribution in [1.82, 2.24) is 5.06 Å². The third kappa shape index (κ3) is 2.29. The van der Waals surface area contributed by atoms with Crippen molar-refractivity contribution in [1.29, 1.82) is 5.26 Å². The van der Waals surface area contributed by atoms with Gasteiger partial charge in [-0.25, -0.2) is 4.79 Å². The Kier molecular flexibility index (Phi) is 3.18. The van der Waals surface area contributed by atoms with E-state index >= 15 is 0 Å². The monoisotopic (exact) mass is 196 g/mol. The zero-order valence-corrected chi connectivity index (χ0v) is 7.36. The summed E-state index contributed by atoms with van der Waals surface area (Å²) in [6.07, 6.45) is 0.0390. The van der Waals surface area contributed by atoms with E-state index in [0.717, 1.165) is 0 Å².